The van der Waals surface area contributed by atoms with Gasteiger partial charge < -0.3 is 19.9 Å². The molecule has 0 fully saturated rings. The zero-order chi connectivity index (χ0) is 17.4. The quantitative estimate of drug-likeness (QED) is 0.616. The number of nitrogens with one attached hydrogen (secondary N) is 1. The average Bonchev–Trinajstić information content (AvgIpc) is 2.59. The number of carbonyl (C=O) groups is 1. The van der Waals surface area contributed by atoms with Crippen LogP contribution in [0.15, 0.2) is 46.9 Å². The molecule has 24 heavy (non-hydrogen) atoms. The van der Waals surface area contributed by atoms with E-state index in [1.165, 1.54) is 0 Å². The van der Waals surface area contributed by atoms with Crippen molar-refractivity contribution >= 4 is 27.6 Å². The van der Waals surface area contributed by atoms with E-state index in [1.54, 1.807) is 19.2 Å². The van der Waals surface area contributed by atoms with Crippen molar-refractivity contribution in [1.82, 2.24) is 0 Å². The van der Waals surface area contributed by atoms with E-state index in [4.69, 9.17) is 9.47 Å². The Balaban J connectivity index is 1.70. The predicted octanol–water partition coefficient (Wildman–Crippen LogP) is 4.43. The van der Waals surface area contributed by atoms with Gasteiger partial charge in [-0.3, -0.25) is 0 Å². The van der Waals surface area contributed by atoms with Gasteiger partial charge in [-0.1, -0.05) is 15.9 Å². The molecule has 0 radical (unpaired) electrons. The Morgan fingerprint density at radius 2 is 1.83 bits per heavy atom. The minimum absolute atomic E-state index is 0.263. The van der Waals surface area contributed by atoms with Gasteiger partial charge in [0.1, 0.15) is 11.5 Å². The third-order valence-corrected chi connectivity index (χ3v) is 3.92. The number of halogens is 1. The molecule has 0 unspecified atom stereocenters. The molecule has 6 heteroatoms. The van der Waals surface area contributed by atoms with Gasteiger partial charge in [-0.2, -0.15) is 0 Å². The molecule has 0 saturated heterocycles. The molecule has 0 aromatic heterocycles. The van der Waals surface area contributed by atoms with Crippen molar-refractivity contribution in [2.45, 2.75) is 12.8 Å². The van der Waals surface area contributed by atoms with Gasteiger partial charge in [-0.25, -0.2) is 4.79 Å². The predicted molar refractivity (Wildman–Crippen MR) is 97.3 cm³/mol. The van der Waals surface area contributed by atoms with Crippen molar-refractivity contribution in [2.24, 2.45) is 0 Å². The summed E-state index contributed by atoms with van der Waals surface area (Å²) >= 11 is 3.28. The molecule has 0 amide bonds. The number of carboxylic acid groups (broad SMARTS) is 1. The number of methoxy groups -OCH3 is 1. The second-order valence-electron chi connectivity index (χ2n) is 5.15. The fraction of sp³-hybridized carbons (Fsp3) is 0.278. The SMILES string of the molecule is COc1ccc(OCCCCNc2ccc(Br)cc2C(=O)O)cc1. The van der Waals surface area contributed by atoms with Crippen LogP contribution in [0, 0.1) is 0 Å². The molecule has 0 heterocycles. The zero-order valence-corrected chi connectivity index (χ0v) is 15.0. The fourth-order valence-corrected chi connectivity index (χ4v) is 2.52. The van der Waals surface area contributed by atoms with Crippen LogP contribution < -0.4 is 14.8 Å². The molecule has 0 aliphatic heterocycles. The summed E-state index contributed by atoms with van der Waals surface area (Å²) in [7, 11) is 1.63. The minimum atomic E-state index is -0.943. The molecule has 0 bridgehead atoms. The normalized spacial score (nSPS) is 10.2. The molecule has 5 nitrogen and oxygen atoms in total. The van der Waals surface area contributed by atoms with Crippen LogP contribution in [0.2, 0.25) is 0 Å². The largest absolute Gasteiger partial charge is 0.497 e. The van der Waals surface area contributed by atoms with E-state index >= 15 is 0 Å². The van der Waals surface area contributed by atoms with Crippen molar-refractivity contribution in [1.29, 1.82) is 0 Å². The lowest BCUT2D eigenvalue weighted by molar-refractivity contribution is 0.0698. The summed E-state index contributed by atoms with van der Waals surface area (Å²) in [6, 6.07) is 12.6. The number of hydrogen-bond donors (Lipinski definition) is 2. The number of hydrogen-bond acceptors (Lipinski definition) is 4. The summed E-state index contributed by atoms with van der Waals surface area (Å²) in [5.74, 6) is 0.668. The topological polar surface area (TPSA) is 67.8 Å². The Morgan fingerprint density at radius 3 is 2.50 bits per heavy atom. The third-order valence-electron chi connectivity index (χ3n) is 3.43. The standard InChI is InChI=1S/C18H20BrNO4/c1-23-14-5-7-15(8-6-14)24-11-3-2-10-20-17-9-4-13(19)12-16(17)18(21)22/h4-9,12,20H,2-3,10-11H2,1H3,(H,21,22). The number of unbranched alkanes of at least 4 members (excludes halogenated alkanes) is 1. The van der Waals surface area contributed by atoms with Crippen molar-refractivity contribution < 1.29 is 19.4 Å². The maximum absolute atomic E-state index is 11.2. The molecule has 0 aliphatic rings. The first-order valence-corrected chi connectivity index (χ1v) is 8.43. The van der Waals surface area contributed by atoms with E-state index in [2.05, 4.69) is 21.2 Å². The molecule has 0 aliphatic carbocycles. The van der Waals surface area contributed by atoms with E-state index in [0.29, 0.717) is 18.8 Å². The average molecular weight is 394 g/mol. The van der Waals surface area contributed by atoms with Crippen LogP contribution in [0.25, 0.3) is 0 Å². The Kier molecular flexibility index (Phi) is 6.93. The molecule has 0 saturated carbocycles. The molecule has 0 spiro atoms. The highest BCUT2D eigenvalue weighted by Crippen LogP contribution is 2.21. The highest BCUT2D eigenvalue weighted by molar-refractivity contribution is 9.10. The number of anilines is 1. The van der Waals surface area contributed by atoms with Gasteiger partial charge in [0.05, 0.1) is 19.3 Å². The number of aromatic carboxylic acids is 1. The molecule has 2 N–H and O–H groups in total. The van der Waals surface area contributed by atoms with E-state index in [-0.39, 0.29) is 5.56 Å². The lowest BCUT2D eigenvalue weighted by Gasteiger charge is -2.10. The summed E-state index contributed by atoms with van der Waals surface area (Å²) in [6.45, 7) is 1.30. The summed E-state index contributed by atoms with van der Waals surface area (Å²) < 4.78 is 11.5. The first kappa shape index (κ1) is 18.1. The van der Waals surface area contributed by atoms with Gasteiger partial charge in [-0.05, 0) is 55.3 Å². The van der Waals surface area contributed by atoms with Crippen molar-refractivity contribution in [3.8, 4) is 11.5 Å². The lowest BCUT2D eigenvalue weighted by Crippen LogP contribution is -2.09. The van der Waals surface area contributed by atoms with E-state index in [9.17, 15) is 9.90 Å². The summed E-state index contributed by atoms with van der Waals surface area (Å²) in [6.07, 6.45) is 1.75. The van der Waals surface area contributed by atoms with Crippen molar-refractivity contribution in [2.75, 3.05) is 25.6 Å². The van der Waals surface area contributed by atoms with Crippen molar-refractivity contribution in [3.05, 3.63) is 52.5 Å². The van der Waals surface area contributed by atoms with Gasteiger partial charge in [-0.15, -0.1) is 0 Å². The molecule has 2 aromatic rings. The lowest BCUT2D eigenvalue weighted by atomic mass is 10.1. The number of rotatable bonds is 9. The summed E-state index contributed by atoms with van der Waals surface area (Å²) in [5, 5.41) is 12.4. The van der Waals surface area contributed by atoms with Crippen LogP contribution >= 0.6 is 15.9 Å². The van der Waals surface area contributed by atoms with Crippen molar-refractivity contribution in [3.63, 3.8) is 0 Å². The molecular weight excluding hydrogens is 374 g/mol. The molecule has 128 valence electrons. The second-order valence-corrected chi connectivity index (χ2v) is 6.07. The second kappa shape index (κ2) is 9.17. The number of benzene rings is 2. The van der Waals surface area contributed by atoms with E-state index in [1.807, 2.05) is 30.3 Å². The van der Waals surface area contributed by atoms with E-state index in [0.717, 1.165) is 28.8 Å². The summed E-state index contributed by atoms with van der Waals surface area (Å²) in [5.41, 5.74) is 0.889. The maximum atomic E-state index is 11.2. The third kappa shape index (κ3) is 5.45. The minimum Gasteiger partial charge on any atom is -0.497 e. The van der Waals surface area contributed by atoms with Crippen LogP contribution in [-0.2, 0) is 0 Å². The maximum Gasteiger partial charge on any atom is 0.337 e. The highest BCUT2D eigenvalue weighted by Gasteiger charge is 2.09. The van der Waals surface area contributed by atoms with Gasteiger partial charge in [0.15, 0.2) is 0 Å². The monoisotopic (exact) mass is 393 g/mol. The first-order chi connectivity index (χ1) is 11.6. The molecule has 2 rings (SSSR count). The Labute approximate surface area is 149 Å². The fourth-order valence-electron chi connectivity index (χ4n) is 2.16. The molecule has 0 atom stereocenters. The number of ether oxygens (including phenoxy) is 2. The number of carboxylic acids is 1. The van der Waals surface area contributed by atoms with Gasteiger partial charge in [0, 0.05) is 16.7 Å². The van der Waals surface area contributed by atoms with Crippen LogP contribution in [0.5, 0.6) is 11.5 Å². The van der Waals surface area contributed by atoms with Crippen LogP contribution in [-0.4, -0.2) is 31.3 Å². The first-order valence-electron chi connectivity index (χ1n) is 7.63. The Bertz CT molecular complexity index is 673. The van der Waals surface area contributed by atoms with Gasteiger partial charge in [0.2, 0.25) is 0 Å². The molecular formula is C18H20BrNO4. The van der Waals surface area contributed by atoms with Crippen LogP contribution in [0.4, 0.5) is 5.69 Å². The highest BCUT2D eigenvalue weighted by atomic mass is 79.9. The van der Waals surface area contributed by atoms with Gasteiger partial charge >= 0.3 is 5.97 Å². The summed E-state index contributed by atoms with van der Waals surface area (Å²) in [4.78, 5) is 11.2. The molecule has 2 aromatic carbocycles. The smallest absolute Gasteiger partial charge is 0.337 e. The zero-order valence-electron chi connectivity index (χ0n) is 13.4. The van der Waals surface area contributed by atoms with Gasteiger partial charge in [0.25, 0.3) is 0 Å². The Hall–Kier alpha value is -2.21. The van der Waals surface area contributed by atoms with E-state index < -0.39 is 5.97 Å². The Morgan fingerprint density at radius 1 is 1.12 bits per heavy atom. The van der Waals surface area contributed by atoms with Crippen LogP contribution in [0.3, 0.4) is 0 Å². The van der Waals surface area contributed by atoms with Crippen LogP contribution in [0.1, 0.15) is 23.2 Å².